The number of Topliss-reactive ketones (excluding diaryl/α,β-unsaturated/α-hetero) is 1. The number of hydrogen-bond acceptors (Lipinski definition) is 7. The van der Waals surface area contributed by atoms with Crippen LogP contribution >= 0.6 is 0 Å². The molecule has 0 amide bonds. The molecule has 1 aliphatic heterocycles. The van der Waals surface area contributed by atoms with E-state index in [2.05, 4.69) is 0 Å². The van der Waals surface area contributed by atoms with E-state index in [0.29, 0.717) is 28.2 Å². The second-order valence-corrected chi connectivity index (χ2v) is 5.89. The topological polar surface area (TPSA) is 97.0 Å². The van der Waals surface area contributed by atoms with E-state index in [1.54, 1.807) is 42.5 Å². The standard InChI is InChI=1S/C19H15NO7/c21-14(12-5-6-16-17(9-12)26-11-25-16)10-24-18(22)7-8-20-13-3-1-2-4-15(13)27-19(20)23/h1-6,9H,7-8,10-11H2. The lowest BCUT2D eigenvalue weighted by molar-refractivity contribution is -0.142. The summed E-state index contributed by atoms with van der Waals surface area (Å²) in [4.78, 5) is 36.0. The lowest BCUT2D eigenvalue weighted by Gasteiger charge is -2.06. The zero-order chi connectivity index (χ0) is 18.8. The van der Waals surface area contributed by atoms with Gasteiger partial charge in [-0.3, -0.25) is 14.2 Å². The number of hydrogen-bond donors (Lipinski definition) is 0. The smallest absolute Gasteiger partial charge is 0.419 e. The van der Waals surface area contributed by atoms with E-state index < -0.39 is 11.7 Å². The number of benzene rings is 2. The van der Waals surface area contributed by atoms with Crippen LogP contribution in [0.3, 0.4) is 0 Å². The van der Waals surface area contributed by atoms with Gasteiger partial charge in [0.2, 0.25) is 6.79 Å². The molecule has 0 radical (unpaired) electrons. The summed E-state index contributed by atoms with van der Waals surface area (Å²) in [5.41, 5.74) is 1.42. The summed E-state index contributed by atoms with van der Waals surface area (Å²) in [6.45, 7) is -0.170. The minimum absolute atomic E-state index is 0.0577. The SMILES string of the molecule is O=C(CCn1c(=O)oc2ccccc21)OCC(=O)c1ccc2c(c1)OCO2. The molecule has 0 atom stereocenters. The summed E-state index contributed by atoms with van der Waals surface area (Å²) in [5, 5.41) is 0. The van der Waals surface area contributed by atoms with Crippen molar-refractivity contribution in [3.05, 3.63) is 58.6 Å². The summed E-state index contributed by atoms with van der Waals surface area (Å²) in [5.74, 6) is -0.422. The first-order valence-electron chi connectivity index (χ1n) is 8.28. The number of oxazole rings is 1. The Bertz CT molecular complexity index is 1080. The van der Waals surface area contributed by atoms with Crippen LogP contribution in [0, 0.1) is 0 Å². The van der Waals surface area contributed by atoms with E-state index in [9.17, 15) is 14.4 Å². The fourth-order valence-corrected chi connectivity index (χ4v) is 2.80. The number of carbonyl (C=O) groups is 2. The molecule has 0 fully saturated rings. The lowest BCUT2D eigenvalue weighted by Crippen LogP contribution is -2.19. The van der Waals surface area contributed by atoms with E-state index in [-0.39, 0.29) is 32.1 Å². The highest BCUT2D eigenvalue weighted by atomic mass is 16.7. The molecular weight excluding hydrogens is 354 g/mol. The van der Waals surface area contributed by atoms with Crippen LogP contribution in [-0.4, -0.2) is 29.7 Å². The molecule has 27 heavy (non-hydrogen) atoms. The van der Waals surface area contributed by atoms with Crippen molar-refractivity contribution < 1.29 is 28.2 Å². The van der Waals surface area contributed by atoms with Crippen LogP contribution in [0.25, 0.3) is 11.1 Å². The molecule has 8 heteroatoms. The van der Waals surface area contributed by atoms with Crippen molar-refractivity contribution in [3.63, 3.8) is 0 Å². The Kier molecular flexibility index (Phi) is 4.37. The zero-order valence-electron chi connectivity index (χ0n) is 14.2. The predicted molar refractivity (Wildman–Crippen MR) is 92.9 cm³/mol. The van der Waals surface area contributed by atoms with Gasteiger partial charge in [-0.25, -0.2) is 4.79 Å². The first-order chi connectivity index (χ1) is 13.1. The molecule has 4 rings (SSSR count). The molecule has 1 aliphatic rings. The number of aryl methyl sites for hydroxylation is 1. The fourth-order valence-electron chi connectivity index (χ4n) is 2.80. The molecule has 138 valence electrons. The number of ketones is 1. The number of carbonyl (C=O) groups excluding carboxylic acids is 2. The number of para-hydroxylation sites is 2. The maximum absolute atomic E-state index is 12.2. The number of ether oxygens (including phenoxy) is 3. The van der Waals surface area contributed by atoms with Gasteiger partial charge in [-0.05, 0) is 30.3 Å². The van der Waals surface area contributed by atoms with E-state index in [4.69, 9.17) is 18.6 Å². The van der Waals surface area contributed by atoms with Crippen LogP contribution in [0.4, 0.5) is 0 Å². The van der Waals surface area contributed by atoms with Crippen molar-refractivity contribution in [2.45, 2.75) is 13.0 Å². The van der Waals surface area contributed by atoms with Crippen molar-refractivity contribution in [2.24, 2.45) is 0 Å². The molecule has 0 bridgehead atoms. The summed E-state index contributed by atoms with van der Waals surface area (Å²) < 4.78 is 21.9. The third-order valence-electron chi connectivity index (χ3n) is 4.17. The van der Waals surface area contributed by atoms with Gasteiger partial charge in [0.25, 0.3) is 0 Å². The molecule has 0 N–H and O–H groups in total. The number of fused-ring (bicyclic) bond motifs is 2. The highest BCUT2D eigenvalue weighted by Gasteiger charge is 2.17. The molecule has 8 nitrogen and oxygen atoms in total. The van der Waals surface area contributed by atoms with Crippen molar-refractivity contribution in [1.82, 2.24) is 4.57 Å². The molecule has 3 aromatic rings. The first kappa shape index (κ1) is 16.9. The Balaban J connectivity index is 1.34. The van der Waals surface area contributed by atoms with Gasteiger partial charge in [-0.2, -0.15) is 0 Å². The Morgan fingerprint density at radius 2 is 1.89 bits per heavy atom. The van der Waals surface area contributed by atoms with E-state index >= 15 is 0 Å². The number of esters is 1. The fraction of sp³-hybridized carbons (Fsp3) is 0.211. The van der Waals surface area contributed by atoms with Crippen LogP contribution in [0.5, 0.6) is 11.5 Å². The van der Waals surface area contributed by atoms with Gasteiger partial charge in [0.05, 0.1) is 11.9 Å². The van der Waals surface area contributed by atoms with Gasteiger partial charge < -0.3 is 18.6 Å². The van der Waals surface area contributed by atoms with Gasteiger partial charge in [0, 0.05) is 12.1 Å². The van der Waals surface area contributed by atoms with Crippen LogP contribution < -0.4 is 15.2 Å². The summed E-state index contributed by atoms with van der Waals surface area (Å²) >= 11 is 0. The zero-order valence-corrected chi connectivity index (χ0v) is 14.2. The maximum atomic E-state index is 12.2. The minimum atomic E-state index is -0.582. The summed E-state index contributed by atoms with van der Waals surface area (Å²) in [6, 6.07) is 11.7. The largest absolute Gasteiger partial charge is 0.457 e. The molecule has 0 spiro atoms. The van der Waals surface area contributed by atoms with Crippen LogP contribution in [0.15, 0.2) is 51.7 Å². The van der Waals surface area contributed by atoms with Crippen LogP contribution in [-0.2, 0) is 16.1 Å². The van der Waals surface area contributed by atoms with Gasteiger partial charge in [-0.1, -0.05) is 12.1 Å². The summed E-state index contributed by atoms with van der Waals surface area (Å²) in [6.07, 6.45) is -0.0577. The average molecular weight is 369 g/mol. The molecule has 2 aromatic carbocycles. The quantitative estimate of drug-likeness (QED) is 0.485. The Hall–Kier alpha value is -3.55. The van der Waals surface area contributed by atoms with E-state index in [1.807, 2.05) is 0 Å². The van der Waals surface area contributed by atoms with Gasteiger partial charge >= 0.3 is 11.7 Å². The monoisotopic (exact) mass is 369 g/mol. The molecular formula is C19H15NO7. The Morgan fingerprint density at radius 3 is 2.78 bits per heavy atom. The average Bonchev–Trinajstić information content (AvgIpc) is 3.27. The molecule has 0 saturated heterocycles. The Morgan fingerprint density at radius 1 is 1.07 bits per heavy atom. The highest BCUT2D eigenvalue weighted by molar-refractivity contribution is 5.98. The molecule has 0 aliphatic carbocycles. The maximum Gasteiger partial charge on any atom is 0.419 e. The van der Waals surface area contributed by atoms with Crippen molar-refractivity contribution >= 4 is 22.9 Å². The van der Waals surface area contributed by atoms with Crippen molar-refractivity contribution in [1.29, 1.82) is 0 Å². The molecule has 2 heterocycles. The first-order valence-corrected chi connectivity index (χ1v) is 8.28. The van der Waals surface area contributed by atoms with Gasteiger partial charge in [0.1, 0.15) is 0 Å². The third kappa shape index (κ3) is 3.41. The van der Waals surface area contributed by atoms with Gasteiger partial charge in [0.15, 0.2) is 29.5 Å². The molecule has 0 saturated carbocycles. The van der Waals surface area contributed by atoms with E-state index in [0.717, 1.165) is 0 Å². The minimum Gasteiger partial charge on any atom is -0.457 e. The molecule has 0 unspecified atom stereocenters. The van der Waals surface area contributed by atoms with Crippen molar-refractivity contribution in [3.8, 4) is 11.5 Å². The normalized spacial score (nSPS) is 12.3. The number of rotatable bonds is 6. The van der Waals surface area contributed by atoms with Crippen LogP contribution in [0.2, 0.25) is 0 Å². The Labute approximate surface area is 152 Å². The van der Waals surface area contributed by atoms with Gasteiger partial charge in [-0.15, -0.1) is 0 Å². The number of aromatic nitrogens is 1. The highest BCUT2D eigenvalue weighted by Crippen LogP contribution is 2.32. The third-order valence-corrected chi connectivity index (χ3v) is 4.17. The lowest BCUT2D eigenvalue weighted by atomic mass is 10.1. The van der Waals surface area contributed by atoms with Crippen molar-refractivity contribution in [2.75, 3.05) is 13.4 Å². The number of nitrogens with zero attached hydrogens (tertiary/aromatic N) is 1. The predicted octanol–water partition coefficient (Wildman–Crippen LogP) is 2.14. The van der Waals surface area contributed by atoms with E-state index in [1.165, 1.54) is 4.57 Å². The second-order valence-electron chi connectivity index (χ2n) is 5.89. The van der Waals surface area contributed by atoms with Crippen LogP contribution in [0.1, 0.15) is 16.8 Å². The second kappa shape index (κ2) is 6.99. The summed E-state index contributed by atoms with van der Waals surface area (Å²) in [7, 11) is 0. The molecule has 1 aromatic heterocycles.